The van der Waals surface area contributed by atoms with E-state index in [4.69, 9.17) is 0 Å². The third-order valence-electron chi connectivity index (χ3n) is 2.02. The molecule has 84 valence electrons. The highest BCUT2D eigenvalue weighted by Crippen LogP contribution is 2.21. The first-order chi connectivity index (χ1) is 7.66. The molecule has 0 aliphatic carbocycles. The quantitative estimate of drug-likeness (QED) is 0.875. The summed E-state index contributed by atoms with van der Waals surface area (Å²) in [6.45, 7) is 0.571. The summed E-state index contributed by atoms with van der Waals surface area (Å²) in [5.74, 6) is -0.140. The lowest BCUT2D eigenvalue weighted by atomic mass is 10.3. The molecule has 16 heavy (non-hydrogen) atoms. The Kier molecular flexibility index (Phi) is 3.40. The first-order valence-electron chi connectivity index (χ1n) is 4.55. The molecule has 0 saturated heterocycles. The molecule has 0 atom stereocenters. The van der Waals surface area contributed by atoms with Gasteiger partial charge >= 0.3 is 0 Å². The Bertz CT molecular complexity index is 481. The lowest BCUT2D eigenvalue weighted by molar-refractivity contribution is 0.0776. The van der Waals surface area contributed by atoms with Crippen molar-refractivity contribution in [2.45, 2.75) is 6.54 Å². The number of nitrogens with zero attached hydrogens (tertiary/aromatic N) is 2. The van der Waals surface area contributed by atoms with Gasteiger partial charge in [-0.25, -0.2) is 0 Å². The predicted molar refractivity (Wildman–Crippen MR) is 64.3 cm³/mol. The van der Waals surface area contributed by atoms with Crippen molar-refractivity contribution in [1.29, 1.82) is 0 Å². The standard InChI is InChI=1S/C10H9BrN2O2S/c1-13(5-8-4-7(11)6-16-8)10(14)9-2-3-15-12-9/h2-4,6H,5H2,1H3. The van der Waals surface area contributed by atoms with E-state index in [2.05, 4.69) is 25.6 Å². The van der Waals surface area contributed by atoms with E-state index in [0.717, 1.165) is 9.35 Å². The molecule has 0 aliphatic heterocycles. The van der Waals surface area contributed by atoms with Gasteiger partial charge in [-0.2, -0.15) is 0 Å². The zero-order chi connectivity index (χ0) is 11.5. The summed E-state index contributed by atoms with van der Waals surface area (Å²) in [6.07, 6.45) is 1.39. The topological polar surface area (TPSA) is 46.3 Å². The van der Waals surface area contributed by atoms with Gasteiger partial charge in [-0.1, -0.05) is 5.16 Å². The first-order valence-corrected chi connectivity index (χ1v) is 6.23. The lowest BCUT2D eigenvalue weighted by Crippen LogP contribution is -2.25. The van der Waals surface area contributed by atoms with Crippen LogP contribution in [0, 0.1) is 0 Å². The van der Waals surface area contributed by atoms with Crippen LogP contribution in [-0.2, 0) is 6.54 Å². The molecule has 2 heterocycles. The van der Waals surface area contributed by atoms with E-state index in [1.807, 2.05) is 11.4 Å². The number of halogens is 1. The van der Waals surface area contributed by atoms with Crippen molar-refractivity contribution < 1.29 is 9.32 Å². The fraction of sp³-hybridized carbons (Fsp3) is 0.200. The van der Waals surface area contributed by atoms with E-state index in [0.29, 0.717) is 12.2 Å². The van der Waals surface area contributed by atoms with Gasteiger partial charge < -0.3 is 9.42 Å². The molecule has 0 saturated carbocycles. The fourth-order valence-electron chi connectivity index (χ4n) is 1.26. The zero-order valence-electron chi connectivity index (χ0n) is 8.51. The monoisotopic (exact) mass is 300 g/mol. The summed E-state index contributed by atoms with van der Waals surface area (Å²) in [6, 6.07) is 3.56. The normalized spacial score (nSPS) is 10.4. The summed E-state index contributed by atoms with van der Waals surface area (Å²) < 4.78 is 5.67. The van der Waals surface area contributed by atoms with Gasteiger partial charge in [0, 0.05) is 27.8 Å². The highest BCUT2D eigenvalue weighted by Gasteiger charge is 2.15. The van der Waals surface area contributed by atoms with Crippen LogP contribution in [0.2, 0.25) is 0 Å². The van der Waals surface area contributed by atoms with E-state index in [1.54, 1.807) is 29.4 Å². The second-order valence-corrected chi connectivity index (χ2v) is 5.19. The number of hydrogen-bond donors (Lipinski definition) is 0. The molecule has 0 bridgehead atoms. The molecular weight excluding hydrogens is 292 g/mol. The highest BCUT2D eigenvalue weighted by molar-refractivity contribution is 9.10. The van der Waals surface area contributed by atoms with Gasteiger partial charge in [0.2, 0.25) is 0 Å². The van der Waals surface area contributed by atoms with E-state index < -0.39 is 0 Å². The van der Waals surface area contributed by atoms with E-state index >= 15 is 0 Å². The van der Waals surface area contributed by atoms with Crippen molar-refractivity contribution in [2.75, 3.05) is 7.05 Å². The fourth-order valence-corrected chi connectivity index (χ4v) is 2.76. The predicted octanol–water partition coefficient (Wildman–Crippen LogP) is 2.77. The Labute approximate surface area is 105 Å². The third-order valence-corrected chi connectivity index (χ3v) is 3.70. The average molecular weight is 301 g/mol. The van der Waals surface area contributed by atoms with E-state index in [1.165, 1.54) is 6.26 Å². The molecule has 0 radical (unpaired) electrons. The molecule has 2 rings (SSSR count). The van der Waals surface area contributed by atoms with E-state index in [9.17, 15) is 4.79 Å². The molecule has 0 fully saturated rings. The van der Waals surface area contributed by atoms with Crippen molar-refractivity contribution in [3.05, 3.63) is 38.8 Å². The van der Waals surface area contributed by atoms with Crippen LogP contribution in [-0.4, -0.2) is 23.0 Å². The zero-order valence-corrected chi connectivity index (χ0v) is 10.9. The Morgan fingerprint density at radius 3 is 3.06 bits per heavy atom. The molecule has 0 spiro atoms. The summed E-state index contributed by atoms with van der Waals surface area (Å²) in [5, 5.41) is 5.60. The SMILES string of the molecule is CN(Cc1cc(Br)cs1)C(=O)c1ccon1. The number of thiophene rings is 1. The first kappa shape index (κ1) is 11.3. The highest BCUT2D eigenvalue weighted by atomic mass is 79.9. The minimum Gasteiger partial charge on any atom is -0.364 e. The number of rotatable bonds is 3. The Morgan fingerprint density at radius 2 is 2.50 bits per heavy atom. The maximum atomic E-state index is 11.8. The molecule has 0 aliphatic rings. The van der Waals surface area contributed by atoms with Crippen molar-refractivity contribution in [2.24, 2.45) is 0 Å². The Morgan fingerprint density at radius 1 is 1.69 bits per heavy atom. The summed E-state index contributed by atoms with van der Waals surface area (Å²) in [7, 11) is 1.74. The summed E-state index contributed by atoms with van der Waals surface area (Å²) in [4.78, 5) is 14.5. The minimum atomic E-state index is -0.140. The van der Waals surface area contributed by atoms with Crippen molar-refractivity contribution in [3.63, 3.8) is 0 Å². The van der Waals surface area contributed by atoms with Crippen LogP contribution in [0.15, 0.2) is 32.8 Å². The van der Waals surface area contributed by atoms with Crippen LogP contribution in [0.5, 0.6) is 0 Å². The average Bonchev–Trinajstić information content (AvgIpc) is 2.88. The van der Waals surface area contributed by atoms with Gasteiger partial charge in [-0.3, -0.25) is 4.79 Å². The van der Waals surface area contributed by atoms with Crippen LogP contribution < -0.4 is 0 Å². The maximum absolute atomic E-state index is 11.8. The van der Waals surface area contributed by atoms with Gasteiger partial charge in [-0.05, 0) is 22.0 Å². The van der Waals surface area contributed by atoms with Gasteiger partial charge in [0.1, 0.15) is 6.26 Å². The van der Waals surface area contributed by atoms with Crippen LogP contribution >= 0.6 is 27.3 Å². The molecule has 1 amide bonds. The smallest absolute Gasteiger partial charge is 0.276 e. The summed E-state index contributed by atoms with van der Waals surface area (Å²) >= 11 is 4.99. The van der Waals surface area contributed by atoms with Crippen molar-refractivity contribution in [1.82, 2.24) is 10.1 Å². The van der Waals surface area contributed by atoms with Crippen LogP contribution in [0.4, 0.5) is 0 Å². The second kappa shape index (κ2) is 4.80. The Balaban J connectivity index is 2.03. The van der Waals surface area contributed by atoms with Crippen LogP contribution in [0.1, 0.15) is 15.4 Å². The molecular formula is C10H9BrN2O2S. The number of aromatic nitrogens is 1. The second-order valence-electron chi connectivity index (χ2n) is 3.28. The number of carbonyl (C=O) groups excluding carboxylic acids is 1. The van der Waals surface area contributed by atoms with Crippen LogP contribution in [0.25, 0.3) is 0 Å². The van der Waals surface area contributed by atoms with Crippen LogP contribution in [0.3, 0.4) is 0 Å². The molecule has 4 nitrogen and oxygen atoms in total. The largest absolute Gasteiger partial charge is 0.364 e. The Hall–Kier alpha value is -1.14. The summed E-state index contributed by atoms with van der Waals surface area (Å²) in [5.41, 5.74) is 0.332. The molecule has 0 N–H and O–H groups in total. The molecule has 2 aromatic rings. The molecule has 0 unspecified atom stereocenters. The van der Waals surface area contributed by atoms with Crippen molar-refractivity contribution >= 4 is 33.2 Å². The lowest BCUT2D eigenvalue weighted by Gasteiger charge is -2.13. The molecule has 6 heteroatoms. The number of carbonyl (C=O) groups is 1. The van der Waals surface area contributed by atoms with Gasteiger partial charge in [0.15, 0.2) is 5.69 Å². The third kappa shape index (κ3) is 2.51. The van der Waals surface area contributed by atoms with Gasteiger partial charge in [0.05, 0.1) is 6.54 Å². The maximum Gasteiger partial charge on any atom is 0.276 e. The minimum absolute atomic E-state index is 0.140. The van der Waals surface area contributed by atoms with E-state index in [-0.39, 0.29) is 5.91 Å². The number of hydrogen-bond acceptors (Lipinski definition) is 4. The van der Waals surface area contributed by atoms with Gasteiger partial charge in [0.25, 0.3) is 5.91 Å². The van der Waals surface area contributed by atoms with Gasteiger partial charge in [-0.15, -0.1) is 11.3 Å². The van der Waals surface area contributed by atoms with Crippen molar-refractivity contribution in [3.8, 4) is 0 Å². The molecule has 0 aromatic carbocycles. The molecule has 2 aromatic heterocycles. The number of amides is 1.